The number of nitrogens with zero attached hydrogens (tertiary/aromatic N) is 1. The van der Waals surface area contributed by atoms with Gasteiger partial charge in [0.15, 0.2) is 0 Å². The van der Waals surface area contributed by atoms with Crippen molar-refractivity contribution in [1.82, 2.24) is 4.90 Å². The van der Waals surface area contributed by atoms with Crippen LogP contribution in [-0.2, 0) is 14.4 Å². The number of rotatable bonds is 8. The van der Waals surface area contributed by atoms with Crippen molar-refractivity contribution in [3.63, 3.8) is 0 Å². The largest absolute Gasteiger partial charge is 0.494 e. The molecule has 196 valence electrons. The molecule has 3 aliphatic heterocycles. The molecule has 6 atom stereocenters. The number of carbonyl (C=O) groups is 3. The number of thioether (sulfide) groups is 1. The van der Waals surface area contributed by atoms with Crippen LogP contribution in [0.15, 0.2) is 48.5 Å². The molecule has 10 heteroatoms. The van der Waals surface area contributed by atoms with Crippen LogP contribution in [0.2, 0.25) is 5.02 Å². The number of carbonyl (C=O) groups excluding carboxylic acids is 3. The third-order valence-corrected chi connectivity index (χ3v) is 9.87. The van der Waals surface area contributed by atoms with Crippen LogP contribution in [0.1, 0.15) is 26.7 Å². The van der Waals surface area contributed by atoms with Gasteiger partial charge in [0.2, 0.25) is 17.7 Å². The maximum absolute atomic E-state index is 13.9. The number of aliphatic hydroxyl groups excluding tert-OH is 1. The molecular formula is C27H30ClN3O5S. The van der Waals surface area contributed by atoms with E-state index in [9.17, 15) is 19.5 Å². The lowest BCUT2D eigenvalue weighted by molar-refractivity contribution is -0.140. The summed E-state index contributed by atoms with van der Waals surface area (Å²) in [5, 5.41) is 16.2. The minimum atomic E-state index is -0.832. The molecule has 1 spiro atoms. The topological polar surface area (TPSA) is 108 Å². The molecule has 3 N–H and O–H groups in total. The van der Waals surface area contributed by atoms with Crippen LogP contribution in [-0.4, -0.2) is 63.0 Å². The first-order valence-electron chi connectivity index (χ1n) is 12.5. The number of para-hydroxylation sites is 1. The summed E-state index contributed by atoms with van der Waals surface area (Å²) in [6, 6.07) is 12.6. The summed E-state index contributed by atoms with van der Waals surface area (Å²) in [7, 11) is 0. The zero-order valence-electron chi connectivity index (χ0n) is 20.6. The smallest absolute Gasteiger partial charge is 0.248 e. The minimum absolute atomic E-state index is 0.0705. The predicted molar refractivity (Wildman–Crippen MR) is 144 cm³/mol. The fourth-order valence-corrected chi connectivity index (χ4v) is 8.43. The zero-order valence-corrected chi connectivity index (χ0v) is 22.2. The fraction of sp³-hybridized carbons (Fsp3) is 0.444. The summed E-state index contributed by atoms with van der Waals surface area (Å²) in [6.07, 6.45) is 1.37. The van der Waals surface area contributed by atoms with E-state index in [0.717, 1.165) is 6.42 Å². The van der Waals surface area contributed by atoms with E-state index >= 15 is 0 Å². The van der Waals surface area contributed by atoms with Crippen molar-refractivity contribution in [2.75, 3.05) is 23.8 Å². The van der Waals surface area contributed by atoms with Crippen LogP contribution in [0.25, 0.3) is 0 Å². The van der Waals surface area contributed by atoms with E-state index in [1.54, 1.807) is 67.2 Å². The second-order valence-electron chi connectivity index (χ2n) is 9.75. The van der Waals surface area contributed by atoms with Crippen LogP contribution in [0, 0.1) is 11.8 Å². The summed E-state index contributed by atoms with van der Waals surface area (Å²) < 4.78 is 4.72. The zero-order chi connectivity index (χ0) is 26.3. The Balaban J connectivity index is 1.44. The van der Waals surface area contributed by atoms with Crippen LogP contribution in [0.3, 0.4) is 0 Å². The second-order valence-corrected chi connectivity index (χ2v) is 11.8. The van der Waals surface area contributed by atoms with Gasteiger partial charge in [-0.05, 0) is 63.1 Å². The van der Waals surface area contributed by atoms with Crippen molar-refractivity contribution in [2.45, 2.75) is 48.8 Å². The molecule has 2 unspecified atom stereocenters. The molecule has 3 aliphatic rings. The van der Waals surface area contributed by atoms with Crippen LogP contribution >= 0.6 is 23.4 Å². The number of amides is 3. The molecule has 0 radical (unpaired) electrons. The number of halogens is 1. The van der Waals surface area contributed by atoms with Gasteiger partial charge < -0.3 is 25.4 Å². The molecule has 3 saturated heterocycles. The van der Waals surface area contributed by atoms with Crippen LogP contribution < -0.4 is 15.4 Å². The van der Waals surface area contributed by atoms with Gasteiger partial charge in [-0.1, -0.05) is 23.7 Å². The lowest BCUT2D eigenvalue weighted by atomic mass is 9.70. The molecular weight excluding hydrogens is 514 g/mol. The molecule has 5 rings (SSSR count). The minimum Gasteiger partial charge on any atom is -0.494 e. The quantitative estimate of drug-likeness (QED) is 0.467. The van der Waals surface area contributed by atoms with Crippen LogP contribution in [0.4, 0.5) is 11.4 Å². The number of aliphatic hydroxyl groups is 1. The predicted octanol–water partition coefficient (Wildman–Crippen LogP) is 3.79. The van der Waals surface area contributed by atoms with Gasteiger partial charge in [-0.2, -0.15) is 0 Å². The van der Waals surface area contributed by atoms with E-state index in [1.165, 1.54) is 4.90 Å². The van der Waals surface area contributed by atoms with E-state index in [4.69, 9.17) is 16.3 Å². The highest BCUT2D eigenvalue weighted by atomic mass is 35.5. The summed E-state index contributed by atoms with van der Waals surface area (Å²) >= 11 is 7.86. The monoisotopic (exact) mass is 543 g/mol. The highest BCUT2D eigenvalue weighted by Crippen LogP contribution is 2.66. The molecule has 37 heavy (non-hydrogen) atoms. The maximum atomic E-state index is 13.9. The van der Waals surface area contributed by atoms with E-state index in [1.807, 2.05) is 6.92 Å². The number of hydrogen-bond donors (Lipinski definition) is 3. The average Bonchev–Trinajstić information content (AvgIpc) is 3.53. The van der Waals surface area contributed by atoms with Crippen LogP contribution in [0.5, 0.6) is 5.75 Å². The Morgan fingerprint density at radius 3 is 2.59 bits per heavy atom. The van der Waals surface area contributed by atoms with Gasteiger partial charge in [0.25, 0.3) is 0 Å². The highest BCUT2D eigenvalue weighted by Gasteiger charge is 2.74. The van der Waals surface area contributed by atoms with E-state index in [-0.39, 0.29) is 29.6 Å². The number of benzene rings is 2. The van der Waals surface area contributed by atoms with Gasteiger partial charge in [0, 0.05) is 10.9 Å². The lowest BCUT2D eigenvalue weighted by Crippen LogP contribution is -2.54. The van der Waals surface area contributed by atoms with E-state index in [0.29, 0.717) is 35.2 Å². The Kier molecular flexibility index (Phi) is 7.13. The average molecular weight is 544 g/mol. The third-order valence-electron chi connectivity index (χ3n) is 7.59. The van der Waals surface area contributed by atoms with Crippen molar-refractivity contribution in [3.8, 4) is 5.75 Å². The molecule has 2 aromatic carbocycles. The molecule has 0 saturated carbocycles. The molecule has 2 aromatic rings. The molecule has 8 nitrogen and oxygen atoms in total. The first-order chi connectivity index (χ1) is 17.8. The SMILES string of the molecule is CCOc1ccc(NC(=O)[C@@H]2[C@H]3C(=O)N([C@H](C)CO)C(C(=O)Nc4ccccc4Cl)C34CC[C@H]2S4)cc1. The fourth-order valence-electron chi connectivity index (χ4n) is 6.04. The highest BCUT2D eigenvalue weighted by molar-refractivity contribution is 8.02. The number of likely N-dealkylation sites (tertiary alicyclic amines) is 1. The molecule has 3 amide bonds. The Hall–Kier alpha value is -2.75. The standard InChI is InChI=1S/C27H30ClN3O5S/c1-3-36-17-10-8-16(9-11-17)29-24(33)21-20-12-13-27(37-20)22(21)26(35)31(15(2)14-32)23(27)25(34)30-19-7-5-4-6-18(19)28/h4-11,15,20-23,32H,3,12-14H2,1-2H3,(H,29,33)(H,30,34)/t15-,20-,21+,22+,23?,27?/m1/s1. The van der Waals surface area contributed by atoms with Crippen molar-refractivity contribution < 1.29 is 24.2 Å². The van der Waals surface area contributed by atoms with Crippen molar-refractivity contribution in [3.05, 3.63) is 53.6 Å². The first-order valence-corrected chi connectivity index (χ1v) is 13.8. The Morgan fingerprint density at radius 2 is 1.92 bits per heavy atom. The summed E-state index contributed by atoms with van der Waals surface area (Å²) in [5.41, 5.74) is 1.08. The van der Waals surface area contributed by atoms with E-state index in [2.05, 4.69) is 10.6 Å². The van der Waals surface area contributed by atoms with Gasteiger partial charge >= 0.3 is 0 Å². The number of anilines is 2. The molecule has 2 bridgehead atoms. The van der Waals surface area contributed by atoms with Gasteiger partial charge in [-0.15, -0.1) is 11.8 Å². The first kappa shape index (κ1) is 25.9. The molecule has 0 aromatic heterocycles. The third kappa shape index (κ3) is 4.36. The summed E-state index contributed by atoms with van der Waals surface area (Å²) in [5.74, 6) is -1.38. The normalized spacial score (nSPS) is 28.6. The maximum Gasteiger partial charge on any atom is 0.248 e. The molecule has 3 fully saturated rings. The Morgan fingerprint density at radius 1 is 1.19 bits per heavy atom. The van der Waals surface area contributed by atoms with Gasteiger partial charge in [-0.3, -0.25) is 14.4 Å². The Labute approximate surface area is 225 Å². The lowest BCUT2D eigenvalue weighted by Gasteiger charge is -2.36. The summed E-state index contributed by atoms with van der Waals surface area (Å²) in [6.45, 7) is 3.88. The van der Waals surface area contributed by atoms with Gasteiger partial charge in [0.05, 0.1) is 46.5 Å². The molecule has 0 aliphatic carbocycles. The summed E-state index contributed by atoms with van der Waals surface area (Å²) in [4.78, 5) is 42.7. The number of nitrogens with one attached hydrogen (secondary N) is 2. The number of fused-ring (bicyclic) bond motifs is 1. The second kappa shape index (κ2) is 10.2. The van der Waals surface area contributed by atoms with Crippen molar-refractivity contribution in [2.24, 2.45) is 11.8 Å². The van der Waals surface area contributed by atoms with E-state index < -0.39 is 28.7 Å². The Bertz CT molecular complexity index is 1210. The number of ether oxygens (including phenoxy) is 1. The van der Waals surface area contributed by atoms with Crippen molar-refractivity contribution >= 4 is 52.5 Å². The number of hydrogen-bond acceptors (Lipinski definition) is 6. The van der Waals surface area contributed by atoms with Gasteiger partial charge in [-0.25, -0.2) is 0 Å². The van der Waals surface area contributed by atoms with Gasteiger partial charge in [0.1, 0.15) is 11.8 Å². The van der Waals surface area contributed by atoms with Crippen molar-refractivity contribution in [1.29, 1.82) is 0 Å². The molecule has 3 heterocycles.